The number of aryl methyl sites for hydroxylation is 1. The third-order valence-electron chi connectivity index (χ3n) is 4.22. The van der Waals surface area contributed by atoms with E-state index in [0.29, 0.717) is 26.9 Å². The zero-order chi connectivity index (χ0) is 17.4. The van der Waals surface area contributed by atoms with E-state index in [9.17, 15) is 14.9 Å². The van der Waals surface area contributed by atoms with Gasteiger partial charge in [-0.2, -0.15) is 5.26 Å². The first kappa shape index (κ1) is 16.5. The number of fused-ring (bicyclic) bond motifs is 1. The van der Waals surface area contributed by atoms with Crippen molar-refractivity contribution in [3.8, 4) is 6.07 Å². The van der Waals surface area contributed by atoms with Crippen LogP contribution in [0.1, 0.15) is 44.3 Å². The lowest BCUT2D eigenvalue weighted by molar-refractivity contribution is -0.117. The number of anilines is 1. The van der Waals surface area contributed by atoms with Gasteiger partial charge in [0.15, 0.2) is 0 Å². The Bertz CT molecular complexity index is 898. The minimum Gasteiger partial charge on any atom is -0.365 e. The van der Waals surface area contributed by atoms with Crippen LogP contribution in [0.5, 0.6) is 0 Å². The van der Waals surface area contributed by atoms with Gasteiger partial charge in [0, 0.05) is 5.02 Å². The maximum atomic E-state index is 12.7. The van der Waals surface area contributed by atoms with Crippen LogP contribution in [0.3, 0.4) is 0 Å². The van der Waals surface area contributed by atoms with Crippen molar-refractivity contribution < 1.29 is 9.59 Å². The molecule has 1 unspecified atom stereocenters. The summed E-state index contributed by atoms with van der Waals surface area (Å²) in [5.74, 6) is -1.08. The topological polar surface area (TPSA) is 96.0 Å². The lowest BCUT2D eigenvalue weighted by Crippen LogP contribution is -2.19. The number of thiophene rings is 1. The molecule has 122 valence electrons. The van der Waals surface area contributed by atoms with Crippen LogP contribution < -0.4 is 11.1 Å². The number of nitriles is 1. The maximum absolute atomic E-state index is 12.7. The van der Waals surface area contributed by atoms with Crippen LogP contribution in [-0.2, 0) is 11.2 Å². The highest BCUT2D eigenvalue weighted by molar-refractivity contribution is 7.18. The first-order valence-corrected chi connectivity index (χ1v) is 8.54. The van der Waals surface area contributed by atoms with Crippen LogP contribution in [0.15, 0.2) is 18.2 Å². The Hall–Kier alpha value is -2.36. The summed E-state index contributed by atoms with van der Waals surface area (Å²) in [5, 5.41) is 13.1. The van der Waals surface area contributed by atoms with Gasteiger partial charge in [-0.1, -0.05) is 17.7 Å². The molecule has 1 heterocycles. The summed E-state index contributed by atoms with van der Waals surface area (Å²) in [4.78, 5) is 24.4. The van der Waals surface area contributed by atoms with Crippen LogP contribution >= 0.6 is 22.9 Å². The summed E-state index contributed by atoms with van der Waals surface area (Å²) in [6, 6.07) is 7.55. The lowest BCUT2D eigenvalue weighted by Gasteiger charge is -2.11. The summed E-state index contributed by atoms with van der Waals surface area (Å²) < 4.78 is 0. The quantitative estimate of drug-likeness (QED) is 0.879. The smallest absolute Gasteiger partial charge is 0.259 e. The van der Waals surface area contributed by atoms with Gasteiger partial charge < -0.3 is 11.1 Å². The predicted octanol–water partition coefficient (Wildman–Crippen LogP) is 3.35. The average Bonchev–Trinajstić information content (AvgIpc) is 3.07. The van der Waals surface area contributed by atoms with Crippen molar-refractivity contribution in [3.63, 3.8) is 0 Å². The van der Waals surface area contributed by atoms with Crippen molar-refractivity contribution in [1.82, 2.24) is 0 Å². The monoisotopic (exact) mass is 359 g/mol. The van der Waals surface area contributed by atoms with Crippen molar-refractivity contribution in [1.29, 1.82) is 5.26 Å². The van der Waals surface area contributed by atoms with Crippen LogP contribution in [0.4, 0.5) is 5.00 Å². The van der Waals surface area contributed by atoms with E-state index in [0.717, 1.165) is 28.9 Å². The van der Waals surface area contributed by atoms with Gasteiger partial charge in [-0.05, 0) is 48.6 Å². The molecule has 0 saturated heterocycles. The Kier molecular flexibility index (Phi) is 4.31. The first-order valence-electron chi connectivity index (χ1n) is 7.34. The Labute approximate surface area is 148 Å². The van der Waals surface area contributed by atoms with E-state index in [2.05, 4.69) is 5.32 Å². The molecule has 7 heteroatoms. The maximum Gasteiger partial charge on any atom is 0.259 e. The molecule has 0 bridgehead atoms. The zero-order valence-corrected chi connectivity index (χ0v) is 14.4. The number of nitrogens with zero attached hydrogens (tertiary/aromatic N) is 1. The molecule has 0 radical (unpaired) electrons. The molecule has 2 aromatic rings. The number of carbonyl (C=O) groups is 2. The minimum absolute atomic E-state index is 0.190. The Morgan fingerprint density at radius 1 is 1.46 bits per heavy atom. The summed E-state index contributed by atoms with van der Waals surface area (Å²) >= 11 is 7.03. The molecule has 1 aromatic carbocycles. The molecule has 0 aliphatic heterocycles. The SMILES string of the molecule is Cc1c(C(N)=O)sc(NC(=O)C2CCc3cc(Cl)ccc32)c1C#N. The first-order chi connectivity index (χ1) is 11.4. The third kappa shape index (κ3) is 2.77. The molecular formula is C17H14ClN3O2S. The molecular weight excluding hydrogens is 346 g/mol. The predicted molar refractivity (Wildman–Crippen MR) is 93.4 cm³/mol. The fraction of sp³-hybridized carbons (Fsp3) is 0.235. The summed E-state index contributed by atoms with van der Waals surface area (Å²) in [6.07, 6.45) is 1.48. The second-order valence-electron chi connectivity index (χ2n) is 5.66. The van der Waals surface area contributed by atoms with E-state index in [4.69, 9.17) is 17.3 Å². The molecule has 1 aliphatic rings. The summed E-state index contributed by atoms with van der Waals surface area (Å²) in [6.45, 7) is 1.65. The molecule has 0 fully saturated rings. The van der Waals surface area contributed by atoms with Gasteiger partial charge in [0.2, 0.25) is 5.91 Å². The van der Waals surface area contributed by atoms with E-state index < -0.39 is 5.91 Å². The van der Waals surface area contributed by atoms with E-state index in [1.54, 1.807) is 13.0 Å². The molecule has 1 aliphatic carbocycles. The van der Waals surface area contributed by atoms with Gasteiger partial charge >= 0.3 is 0 Å². The highest BCUT2D eigenvalue weighted by Gasteiger charge is 2.30. The van der Waals surface area contributed by atoms with E-state index >= 15 is 0 Å². The van der Waals surface area contributed by atoms with Gasteiger partial charge in [-0.25, -0.2) is 0 Å². The van der Waals surface area contributed by atoms with Crippen LogP contribution in [0, 0.1) is 18.3 Å². The summed E-state index contributed by atoms with van der Waals surface area (Å²) in [7, 11) is 0. The number of amides is 2. The van der Waals surface area contributed by atoms with Crippen molar-refractivity contribution in [3.05, 3.63) is 50.4 Å². The normalized spacial score (nSPS) is 15.6. The molecule has 24 heavy (non-hydrogen) atoms. The van der Waals surface area contributed by atoms with Gasteiger partial charge in [0.1, 0.15) is 11.1 Å². The number of primary amides is 1. The molecule has 3 N–H and O–H groups in total. The molecule has 3 rings (SSSR count). The van der Waals surface area contributed by atoms with Gasteiger partial charge in [-0.3, -0.25) is 9.59 Å². The number of rotatable bonds is 3. The number of hydrogen-bond acceptors (Lipinski definition) is 4. The van der Waals surface area contributed by atoms with E-state index in [1.165, 1.54) is 0 Å². The van der Waals surface area contributed by atoms with Gasteiger partial charge in [0.05, 0.1) is 16.4 Å². The van der Waals surface area contributed by atoms with Crippen molar-refractivity contribution in [2.24, 2.45) is 5.73 Å². The number of halogens is 1. The van der Waals surface area contributed by atoms with E-state index in [-0.39, 0.29) is 17.4 Å². The second-order valence-corrected chi connectivity index (χ2v) is 7.12. The number of hydrogen-bond donors (Lipinski definition) is 2. The lowest BCUT2D eigenvalue weighted by atomic mass is 10.0. The molecule has 2 amide bonds. The van der Waals surface area contributed by atoms with Crippen molar-refractivity contribution >= 4 is 39.8 Å². The Morgan fingerprint density at radius 3 is 2.88 bits per heavy atom. The third-order valence-corrected chi connectivity index (χ3v) is 5.68. The fourth-order valence-corrected chi connectivity index (χ4v) is 4.24. The number of nitrogens with one attached hydrogen (secondary N) is 1. The summed E-state index contributed by atoms with van der Waals surface area (Å²) in [5.41, 5.74) is 8.14. The number of nitrogens with two attached hydrogens (primary N) is 1. The minimum atomic E-state index is -0.602. The van der Waals surface area contributed by atoms with Crippen LogP contribution in [0.2, 0.25) is 5.02 Å². The highest BCUT2D eigenvalue weighted by atomic mass is 35.5. The van der Waals surface area contributed by atoms with Crippen molar-refractivity contribution in [2.75, 3.05) is 5.32 Å². The zero-order valence-electron chi connectivity index (χ0n) is 12.9. The van der Waals surface area contributed by atoms with E-state index in [1.807, 2.05) is 18.2 Å². The Balaban J connectivity index is 1.89. The van der Waals surface area contributed by atoms with Crippen molar-refractivity contribution in [2.45, 2.75) is 25.7 Å². The average molecular weight is 360 g/mol. The van der Waals surface area contributed by atoms with Gasteiger partial charge in [0.25, 0.3) is 5.91 Å². The highest BCUT2D eigenvalue weighted by Crippen LogP contribution is 2.37. The molecule has 5 nitrogen and oxygen atoms in total. The van der Waals surface area contributed by atoms with Crippen LogP contribution in [-0.4, -0.2) is 11.8 Å². The van der Waals surface area contributed by atoms with Crippen LogP contribution in [0.25, 0.3) is 0 Å². The van der Waals surface area contributed by atoms with Gasteiger partial charge in [-0.15, -0.1) is 11.3 Å². The molecule has 0 saturated carbocycles. The largest absolute Gasteiger partial charge is 0.365 e. The Morgan fingerprint density at radius 2 is 2.21 bits per heavy atom. The molecule has 1 aromatic heterocycles. The standard InChI is InChI=1S/C17H14ClN3O2S/c1-8-13(7-19)17(24-14(8)15(20)22)21-16(23)12-4-2-9-6-10(18)3-5-11(9)12/h3,5-6,12H,2,4H2,1H3,(H2,20,22)(H,21,23). The number of carbonyl (C=O) groups excluding carboxylic acids is 2. The second kappa shape index (κ2) is 6.27. The fourth-order valence-electron chi connectivity index (χ4n) is 3.03. The molecule has 1 atom stereocenters. The molecule has 0 spiro atoms. The number of benzene rings is 1.